The Labute approximate surface area is 145 Å². The van der Waals surface area contributed by atoms with E-state index < -0.39 is 29.2 Å². The van der Waals surface area contributed by atoms with Crippen molar-refractivity contribution in [2.45, 2.75) is 11.8 Å². The minimum Gasteiger partial charge on any atom is -0.495 e. The van der Waals surface area contributed by atoms with Gasteiger partial charge in [-0.2, -0.15) is 13.2 Å². The van der Waals surface area contributed by atoms with E-state index in [-0.39, 0.29) is 17.2 Å². The van der Waals surface area contributed by atoms with E-state index in [9.17, 15) is 27.9 Å². The number of hydrogen-bond donors (Lipinski definition) is 2. The van der Waals surface area contributed by atoms with Gasteiger partial charge in [-0.1, -0.05) is 6.07 Å². The van der Waals surface area contributed by atoms with Gasteiger partial charge in [0.15, 0.2) is 5.76 Å². The number of alkyl halides is 3. The van der Waals surface area contributed by atoms with Gasteiger partial charge in [0.2, 0.25) is 0 Å². The number of benzene rings is 1. The molecule has 0 aliphatic carbocycles. The fraction of sp³-hybridized carbons (Fsp3) is 0.250. The molecule has 0 fully saturated rings. The molecule has 0 saturated heterocycles. The molecule has 140 valence electrons. The first-order valence-corrected chi connectivity index (χ1v) is 7.06. The zero-order valence-electron chi connectivity index (χ0n) is 13.6. The van der Waals surface area contributed by atoms with Gasteiger partial charge in [0, 0.05) is 5.56 Å². The second-order valence-electron chi connectivity index (χ2n) is 5.05. The smallest absolute Gasteiger partial charge is 0.432 e. The largest absolute Gasteiger partial charge is 0.495 e. The number of esters is 1. The van der Waals surface area contributed by atoms with E-state index in [0.717, 1.165) is 25.3 Å². The lowest BCUT2D eigenvalue weighted by Crippen LogP contribution is -2.49. The molecule has 0 unspecified atom stereocenters. The molecule has 0 bridgehead atoms. The molecule has 0 saturated carbocycles. The number of methoxy groups -OCH3 is 2. The van der Waals surface area contributed by atoms with Gasteiger partial charge in [0.1, 0.15) is 5.75 Å². The molecule has 1 amide bonds. The number of carbonyl (C=O) groups excluding carboxylic acids is 2. The topological polar surface area (TPSA) is 98.0 Å². The number of halogens is 3. The molecule has 0 aliphatic rings. The fourth-order valence-electron chi connectivity index (χ4n) is 2.16. The standard InChI is InChI=1S/C16H14F3NO6/c1-24-12-8-9(15(23,14(22)25-2)16(17,18)19)5-6-10(12)20-13(21)11-4-3-7-26-11/h3-8,23H,1-2H3,(H,20,21)/t15-/m1/s1. The molecular formula is C16H14F3NO6. The van der Waals surface area contributed by atoms with Gasteiger partial charge in [-0.25, -0.2) is 4.79 Å². The Balaban J connectivity index is 2.44. The van der Waals surface area contributed by atoms with Gasteiger partial charge >= 0.3 is 12.1 Å². The molecule has 10 heteroatoms. The van der Waals surface area contributed by atoms with Crippen LogP contribution in [-0.4, -0.2) is 37.4 Å². The highest BCUT2D eigenvalue weighted by Gasteiger charge is 2.62. The number of rotatable bonds is 5. The second kappa shape index (κ2) is 7.08. The maximum atomic E-state index is 13.3. The Morgan fingerprint density at radius 3 is 2.38 bits per heavy atom. The molecular weight excluding hydrogens is 359 g/mol. The first-order chi connectivity index (χ1) is 12.1. The van der Waals surface area contributed by atoms with Crippen molar-refractivity contribution in [3.8, 4) is 5.75 Å². The van der Waals surface area contributed by atoms with Crippen LogP contribution in [-0.2, 0) is 15.1 Å². The Kier molecular flexibility index (Phi) is 5.26. The third-order valence-corrected chi connectivity index (χ3v) is 3.50. The number of hydrogen-bond acceptors (Lipinski definition) is 6. The van der Waals surface area contributed by atoms with Crippen LogP contribution in [0.3, 0.4) is 0 Å². The van der Waals surface area contributed by atoms with Crippen molar-refractivity contribution in [2.75, 3.05) is 19.5 Å². The van der Waals surface area contributed by atoms with E-state index in [4.69, 9.17) is 9.15 Å². The van der Waals surface area contributed by atoms with Crippen molar-refractivity contribution in [3.63, 3.8) is 0 Å². The Morgan fingerprint density at radius 1 is 1.19 bits per heavy atom. The summed E-state index contributed by atoms with van der Waals surface area (Å²) in [5.74, 6) is -2.81. The van der Waals surface area contributed by atoms with Crippen LogP contribution in [0, 0.1) is 0 Å². The zero-order chi connectivity index (χ0) is 19.5. The van der Waals surface area contributed by atoms with E-state index in [1.165, 1.54) is 18.4 Å². The minimum atomic E-state index is -5.34. The Bertz CT molecular complexity index is 803. The summed E-state index contributed by atoms with van der Waals surface area (Å²) >= 11 is 0. The number of carbonyl (C=O) groups is 2. The van der Waals surface area contributed by atoms with Crippen LogP contribution < -0.4 is 10.1 Å². The molecule has 0 radical (unpaired) electrons. The summed E-state index contributed by atoms with van der Waals surface area (Å²) in [5.41, 5.74) is -4.71. The van der Waals surface area contributed by atoms with Gasteiger partial charge < -0.3 is 24.3 Å². The van der Waals surface area contributed by atoms with Crippen molar-refractivity contribution in [3.05, 3.63) is 47.9 Å². The highest BCUT2D eigenvalue weighted by molar-refractivity contribution is 6.03. The maximum absolute atomic E-state index is 13.3. The maximum Gasteiger partial charge on any atom is 0.432 e. The van der Waals surface area contributed by atoms with Crippen molar-refractivity contribution in [2.24, 2.45) is 0 Å². The monoisotopic (exact) mass is 373 g/mol. The summed E-state index contributed by atoms with van der Waals surface area (Å²) in [6.45, 7) is 0. The Hall–Kier alpha value is -3.01. The lowest BCUT2D eigenvalue weighted by atomic mass is 9.92. The molecule has 0 spiro atoms. The summed E-state index contributed by atoms with van der Waals surface area (Å²) < 4.78 is 53.8. The molecule has 1 aromatic carbocycles. The highest BCUT2D eigenvalue weighted by atomic mass is 19.4. The van der Waals surface area contributed by atoms with Crippen LogP contribution >= 0.6 is 0 Å². The highest BCUT2D eigenvalue weighted by Crippen LogP contribution is 2.42. The van der Waals surface area contributed by atoms with Gasteiger partial charge in [0.25, 0.3) is 11.5 Å². The predicted octanol–water partition coefficient (Wildman–Crippen LogP) is 2.46. The van der Waals surface area contributed by atoms with E-state index in [1.807, 2.05) is 0 Å². The summed E-state index contributed by atoms with van der Waals surface area (Å²) in [7, 11) is 1.86. The van der Waals surface area contributed by atoms with Crippen LogP contribution in [0.2, 0.25) is 0 Å². The molecule has 2 N–H and O–H groups in total. The number of furan rings is 1. The average Bonchev–Trinajstić information content (AvgIpc) is 3.14. The van der Waals surface area contributed by atoms with Crippen LogP contribution in [0.15, 0.2) is 41.0 Å². The van der Waals surface area contributed by atoms with Crippen molar-refractivity contribution < 1.29 is 41.8 Å². The number of nitrogens with one attached hydrogen (secondary N) is 1. The van der Waals surface area contributed by atoms with E-state index >= 15 is 0 Å². The van der Waals surface area contributed by atoms with Gasteiger partial charge in [-0.3, -0.25) is 4.79 Å². The van der Waals surface area contributed by atoms with Gasteiger partial charge in [-0.15, -0.1) is 0 Å². The molecule has 2 rings (SSSR count). The lowest BCUT2D eigenvalue weighted by molar-refractivity contribution is -0.266. The average molecular weight is 373 g/mol. The predicted molar refractivity (Wildman–Crippen MR) is 81.6 cm³/mol. The summed E-state index contributed by atoms with van der Waals surface area (Å²) in [5, 5.41) is 12.4. The summed E-state index contributed by atoms with van der Waals surface area (Å²) in [4.78, 5) is 23.6. The van der Waals surface area contributed by atoms with Crippen LogP contribution in [0.1, 0.15) is 16.1 Å². The third-order valence-electron chi connectivity index (χ3n) is 3.50. The first-order valence-electron chi connectivity index (χ1n) is 7.06. The SMILES string of the molecule is COC(=O)[C@](O)(c1ccc(NC(=O)c2ccco2)c(OC)c1)C(F)(F)F. The van der Waals surface area contributed by atoms with Crippen molar-refractivity contribution in [1.82, 2.24) is 0 Å². The minimum absolute atomic E-state index is 0.00652. The normalized spacial score (nSPS) is 13.6. The van der Waals surface area contributed by atoms with Crippen molar-refractivity contribution in [1.29, 1.82) is 0 Å². The van der Waals surface area contributed by atoms with Crippen LogP contribution in [0.4, 0.5) is 18.9 Å². The van der Waals surface area contributed by atoms with Crippen LogP contribution in [0.25, 0.3) is 0 Å². The molecule has 1 heterocycles. The third kappa shape index (κ3) is 3.36. The summed E-state index contributed by atoms with van der Waals surface area (Å²) in [6.07, 6.45) is -4.07. The summed E-state index contributed by atoms with van der Waals surface area (Å²) in [6, 6.07) is 5.52. The zero-order valence-corrected chi connectivity index (χ0v) is 13.6. The fourth-order valence-corrected chi connectivity index (χ4v) is 2.16. The molecule has 0 aliphatic heterocycles. The molecule has 26 heavy (non-hydrogen) atoms. The lowest BCUT2D eigenvalue weighted by Gasteiger charge is -2.28. The van der Waals surface area contributed by atoms with Gasteiger partial charge in [-0.05, 0) is 24.3 Å². The number of anilines is 1. The van der Waals surface area contributed by atoms with E-state index in [1.54, 1.807) is 0 Å². The van der Waals surface area contributed by atoms with Crippen molar-refractivity contribution >= 4 is 17.6 Å². The second-order valence-corrected chi connectivity index (χ2v) is 5.05. The molecule has 1 atom stereocenters. The number of aliphatic hydroxyl groups is 1. The number of ether oxygens (including phenoxy) is 2. The quantitative estimate of drug-likeness (QED) is 0.782. The van der Waals surface area contributed by atoms with Gasteiger partial charge in [0.05, 0.1) is 26.2 Å². The Morgan fingerprint density at radius 2 is 1.88 bits per heavy atom. The van der Waals surface area contributed by atoms with Crippen LogP contribution in [0.5, 0.6) is 5.75 Å². The number of amides is 1. The van der Waals surface area contributed by atoms with E-state index in [0.29, 0.717) is 7.11 Å². The molecule has 1 aromatic heterocycles. The van der Waals surface area contributed by atoms with E-state index in [2.05, 4.69) is 10.1 Å². The molecule has 2 aromatic rings. The molecule has 7 nitrogen and oxygen atoms in total. The first kappa shape index (κ1) is 19.3.